The first-order valence-electron chi connectivity index (χ1n) is 12.4. The zero-order valence-corrected chi connectivity index (χ0v) is 24.7. The van der Waals surface area contributed by atoms with E-state index in [2.05, 4.69) is 31.9 Å². The van der Waals surface area contributed by atoms with Gasteiger partial charge in [-0.3, -0.25) is 4.79 Å². The number of halogens is 3. The van der Waals surface area contributed by atoms with Gasteiger partial charge < -0.3 is 9.47 Å². The Hall–Kier alpha value is -2.68. The van der Waals surface area contributed by atoms with Crippen LogP contribution < -0.4 is 15.0 Å². The second-order valence-corrected chi connectivity index (χ2v) is 11.5. The van der Waals surface area contributed by atoms with Gasteiger partial charge in [0.25, 0.3) is 5.56 Å². The van der Waals surface area contributed by atoms with Crippen molar-refractivity contribution in [1.82, 2.24) is 9.66 Å². The number of aromatic nitrogens is 2. The van der Waals surface area contributed by atoms with Crippen LogP contribution in [0.5, 0.6) is 11.5 Å². The Kier molecular flexibility index (Phi) is 8.51. The average Bonchev–Trinajstić information content (AvgIpc) is 2.93. The maximum atomic E-state index is 13.7. The molecule has 196 valence electrons. The zero-order valence-electron chi connectivity index (χ0n) is 20.8. The summed E-state index contributed by atoms with van der Waals surface area (Å²) in [6, 6.07) is 16.8. The number of fused-ring (bicyclic) bond motifs is 1. The fraction of sp³-hybridized carbons (Fsp3) is 0.276. The highest BCUT2D eigenvalue weighted by atomic mass is 79.9. The van der Waals surface area contributed by atoms with Crippen molar-refractivity contribution in [3.63, 3.8) is 0 Å². The van der Waals surface area contributed by atoms with Gasteiger partial charge in [-0.25, -0.2) is 4.98 Å². The third-order valence-corrected chi connectivity index (χ3v) is 8.03. The van der Waals surface area contributed by atoms with Crippen molar-refractivity contribution in [2.24, 2.45) is 5.10 Å². The Balaban J connectivity index is 1.59. The molecule has 1 aromatic heterocycles. The molecule has 0 unspecified atom stereocenters. The summed E-state index contributed by atoms with van der Waals surface area (Å²) in [4.78, 5) is 18.6. The van der Waals surface area contributed by atoms with Gasteiger partial charge >= 0.3 is 0 Å². The molecule has 4 aromatic rings. The average molecular weight is 660 g/mol. The summed E-state index contributed by atoms with van der Waals surface area (Å²) in [5.41, 5.74) is 1.98. The highest BCUT2D eigenvalue weighted by molar-refractivity contribution is 9.10. The predicted molar refractivity (Wildman–Crippen MR) is 159 cm³/mol. The number of methoxy groups -OCH3 is 1. The first kappa shape index (κ1) is 26.9. The van der Waals surface area contributed by atoms with E-state index in [4.69, 9.17) is 31.2 Å². The van der Waals surface area contributed by atoms with E-state index in [9.17, 15) is 4.79 Å². The van der Waals surface area contributed by atoms with E-state index in [1.165, 1.54) is 11.1 Å². The van der Waals surface area contributed by atoms with E-state index in [0.29, 0.717) is 38.8 Å². The number of rotatable bonds is 7. The standard InChI is InChI=1S/C29H26Br2ClN3O3/c1-37-26-15-22(31)13-20(27(26)38-17-19-9-5-6-10-24(19)32)16-33-35-28(18-7-3-2-4-8-18)34-25-12-11-21(30)14-23(25)29(35)36/h5-6,9-16,18H,2-4,7-8,17H2,1H3. The SMILES string of the molecule is COc1cc(Br)cc(C=Nn2c(C3CCCCC3)nc3ccc(Br)cc3c2=O)c1OCc1ccccc1Cl. The van der Waals surface area contributed by atoms with Gasteiger partial charge in [0.1, 0.15) is 12.4 Å². The number of benzene rings is 3. The van der Waals surface area contributed by atoms with Crippen LogP contribution in [0.2, 0.25) is 5.02 Å². The molecule has 1 saturated carbocycles. The molecule has 1 aliphatic rings. The molecule has 1 fully saturated rings. The third kappa shape index (κ3) is 5.82. The summed E-state index contributed by atoms with van der Waals surface area (Å²) in [5, 5.41) is 5.83. The van der Waals surface area contributed by atoms with Crippen LogP contribution in [-0.4, -0.2) is 23.0 Å². The molecule has 0 aliphatic heterocycles. The molecule has 9 heteroatoms. The molecule has 1 aliphatic carbocycles. The van der Waals surface area contributed by atoms with Crippen molar-refractivity contribution in [3.8, 4) is 11.5 Å². The van der Waals surface area contributed by atoms with Crippen LogP contribution in [0.25, 0.3) is 10.9 Å². The molecule has 38 heavy (non-hydrogen) atoms. The summed E-state index contributed by atoms with van der Waals surface area (Å²) < 4.78 is 14.9. The van der Waals surface area contributed by atoms with E-state index in [1.54, 1.807) is 19.4 Å². The molecule has 3 aromatic carbocycles. The summed E-state index contributed by atoms with van der Waals surface area (Å²) in [6.07, 6.45) is 7.04. The Bertz CT molecular complexity index is 1570. The lowest BCUT2D eigenvalue weighted by Gasteiger charge is -2.23. The smallest absolute Gasteiger partial charge is 0.282 e. The summed E-state index contributed by atoms with van der Waals surface area (Å²) in [6.45, 7) is 0.247. The first-order chi connectivity index (χ1) is 18.4. The minimum atomic E-state index is -0.200. The predicted octanol–water partition coefficient (Wildman–Crippen LogP) is 8.09. The quantitative estimate of drug-likeness (QED) is 0.188. The lowest BCUT2D eigenvalue weighted by atomic mass is 9.88. The fourth-order valence-electron chi connectivity index (χ4n) is 4.78. The van der Waals surface area contributed by atoms with Crippen molar-refractivity contribution >= 4 is 60.6 Å². The van der Waals surface area contributed by atoms with Crippen LogP contribution in [0.4, 0.5) is 0 Å². The number of hydrogen-bond acceptors (Lipinski definition) is 5. The lowest BCUT2D eigenvalue weighted by Crippen LogP contribution is -2.25. The molecule has 0 atom stereocenters. The van der Waals surface area contributed by atoms with Gasteiger partial charge in [-0.05, 0) is 49.2 Å². The molecule has 0 radical (unpaired) electrons. The van der Waals surface area contributed by atoms with Crippen molar-refractivity contribution in [1.29, 1.82) is 0 Å². The molecule has 0 amide bonds. The van der Waals surface area contributed by atoms with Crippen molar-refractivity contribution in [2.75, 3.05) is 7.11 Å². The van der Waals surface area contributed by atoms with Crippen LogP contribution in [0.15, 0.2) is 73.4 Å². The second kappa shape index (κ2) is 12.0. The number of ether oxygens (including phenoxy) is 2. The molecule has 5 rings (SSSR count). The molecule has 0 spiro atoms. The van der Waals surface area contributed by atoms with Crippen LogP contribution in [0.1, 0.15) is 55.0 Å². The largest absolute Gasteiger partial charge is 0.493 e. The summed E-state index contributed by atoms with van der Waals surface area (Å²) in [7, 11) is 1.59. The van der Waals surface area contributed by atoms with Crippen molar-refractivity contribution in [3.05, 3.63) is 95.9 Å². The Morgan fingerprint density at radius 3 is 2.63 bits per heavy atom. The molecule has 0 N–H and O–H groups in total. The van der Waals surface area contributed by atoms with Crippen molar-refractivity contribution in [2.45, 2.75) is 44.6 Å². The first-order valence-corrected chi connectivity index (χ1v) is 14.4. The fourth-order valence-corrected chi connectivity index (χ4v) is 5.78. The normalized spacial score (nSPS) is 14.3. The molecule has 6 nitrogen and oxygen atoms in total. The van der Waals surface area contributed by atoms with Gasteiger partial charge in [0.05, 0.1) is 24.2 Å². The lowest BCUT2D eigenvalue weighted by molar-refractivity contribution is 0.284. The van der Waals surface area contributed by atoms with Gasteiger partial charge in [-0.15, -0.1) is 0 Å². The van der Waals surface area contributed by atoms with Crippen molar-refractivity contribution < 1.29 is 9.47 Å². The Morgan fingerprint density at radius 1 is 1.08 bits per heavy atom. The van der Waals surface area contributed by atoms with E-state index >= 15 is 0 Å². The highest BCUT2D eigenvalue weighted by Gasteiger charge is 2.23. The van der Waals surface area contributed by atoms with Crippen LogP contribution in [0, 0.1) is 0 Å². The van der Waals surface area contributed by atoms with E-state index in [0.717, 1.165) is 40.2 Å². The topological polar surface area (TPSA) is 65.7 Å². The zero-order chi connectivity index (χ0) is 26.6. The Morgan fingerprint density at radius 2 is 1.87 bits per heavy atom. The van der Waals surface area contributed by atoms with E-state index < -0.39 is 0 Å². The molecule has 1 heterocycles. The maximum Gasteiger partial charge on any atom is 0.282 e. The van der Waals surface area contributed by atoms with Crippen LogP contribution in [0.3, 0.4) is 0 Å². The third-order valence-electron chi connectivity index (χ3n) is 6.71. The summed E-state index contributed by atoms with van der Waals surface area (Å²) >= 11 is 13.4. The minimum absolute atomic E-state index is 0.176. The van der Waals surface area contributed by atoms with E-state index in [-0.39, 0.29) is 18.1 Å². The van der Waals surface area contributed by atoms with Gasteiger partial charge in [0.2, 0.25) is 0 Å². The van der Waals surface area contributed by atoms with Crippen LogP contribution >= 0.6 is 43.5 Å². The monoisotopic (exact) mass is 657 g/mol. The maximum absolute atomic E-state index is 13.7. The summed E-state index contributed by atoms with van der Waals surface area (Å²) in [5.74, 6) is 1.91. The van der Waals surface area contributed by atoms with Crippen LogP contribution in [-0.2, 0) is 6.61 Å². The van der Waals surface area contributed by atoms with Gasteiger partial charge in [0, 0.05) is 31.0 Å². The minimum Gasteiger partial charge on any atom is -0.493 e. The highest BCUT2D eigenvalue weighted by Crippen LogP contribution is 2.36. The molecule has 0 saturated heterocycles. The Labute approximate surface area is 242 Å². The molecule has 0 bridgehead atoms. The molecular weight excluding hydrogens is 634 g/mol. The number of nitrogens with zero attached hydrogens (tertiary/aromatic N) is 3. The van der Waals surface area contributed by atoms with E-state index in [1.807, 2.05) is 48.5 Å². The van der Waals surface area contributed by atoms with Gasteiger partial charge in [-0.1, -0.05) is 80.9 Å². The number of hydrogen-bond donors (Lipinski definition) is 0. The van der Waals surface area contributed by atoms with Gasteiger partial charge in [-0.2, -0.15) is 9.78 Å². The molecular formula is C29H26Br2ClN3O3. The second-order valence-electron chi connectivity index (χ2n) is 9.23. The van der Waals surface area contributed by atoms with Gasteiger partial charge in [0.15, 0.2) is 11.5 Å².